The summed E-state index contributed by atoms with van der Waals surface area (Å²) in [5, 5.41) is 13.4. The van der Waals surface area contributed by atoms with E-state index in [2.05, 4.69) is 20.6 Å². The lowest BCUT2D eigenvalue weighted by atomic mass is 10.3. The second kappa shape index (κ2) is 6.12. The average Bonchev–Trinajstić information content (AvgIpc) is 3.15. The van der Waals surface area contributed by atoms with Crippen LogP contribution in [0.5, 0.6) is 0 Å². The molecule has 0 unspecified atom stereocenters. The maximum Gasteiger partial charge on any atom is 0.319 e. The van der Waals surface area contributed by atoms with Gasteiger partial charge in [-0.15, -0.1) is 0 Å². The summed E-state index contributed by atoms with van der Waals surface area (Å²) in [5.41, 5.74) is 0.493. The highest BCUT2D eigenvalue weighted by Gasteiger charge is 2.22. The standard InChI is InChI=1S/C12H16N4O3/c17-11(18)3-4-13-12(19)16-9-6-14-10(15-7-9)5-8-1-2-8/h6-8H,1-5H2,(H,17,18)(H2,13,16,19). The highest BCUT2D eigenvalue weighted by atomic mass is 16.4. The first-order valence-corrected chi connectivity index (χ1v) is 6.21. The number of nitrogens with zero attached hydrogens (tertiary/aromatic N) is 2. The fourth-order valence-corrected chi connectivity index (χ4v) is 1.56. The van der Waals surface area contributed by atoms with E-state index in [0.717, 1.165) is 18.2 Å². The van der Waals surface area contributed by atoms with E-state index < -0.39 is 12.0 Å². The van der Waals surface area contributed by atoms with Crippen molar-refractivity contribution in [1.82, 2.24) is 15.3 Å². The smallest absolute Gasteiger partial charge is 0.319 e. The number of carboxylic acid groups (broad SMARTS) is 1. The Bertz CT molecular complexity index is 457. The minimum absolute atomic E-state index is 0.0851. The molecule has 0 atom stereocenters. The number of urea groups is 1. The summed E-state index contributed by atoms with van der Waals surface area (Å²) in [6.07, 6.45) is 6.39. The average molecular weight is 264 g/mol. The first-order chi connectivity index (χ1) is 9.13. The summed E-state index contributed by atoms with van der Waals surface area (Å²) in [4.78, 5) is 30.0. The molecule has 0 radical (unpaired) electrons. The Kier molecular flexibility index (Phi) is 4.27. The molecular weight excluding hydrogens is 248 g/mol. The summed E-state index contributed by atoms with van der Waals surface area (Å²) in [6, 6.07) is -0.459. The van der Waals surface area contributed by atoms with Crippen LogP contribution in [-0.4, -0.2) is 33.6 Å². The summed E-state index contributed by atoms with van der Waals surface area (Å²) in [6.45, 7) is 0.0851. The highest BCUT2D eigenvalue weighted by molar-refractivity contribution is 5.89. The normalized spacial score (nSPS) is 13.9. The van der Waals surface area contributed by atoms with E-state index in [1.165, 1.54) is 12.8 Å². The summed E-state index contributed by atoms with van der Waals surface area (Å²) >= 11 is 0. The van der Waals surface area contributed by atoms with Gasteiger partial charge in [0, 0.05) is 13.0 Å². The highest BCUT2D eigenvalue weighted by Crippen LogP contribution is 2.31. The minimum atomic E-state index is -0.951. The molecule has 1 aromatic heterocycles. The lowest BCUT2D eigenvalue weighted by Gasteiger charge is -2.06. The second-order valence-corrected chi connectivity index (χ2v) is 4.56. The van der Waals surface area contributed by atoms with Gasteiger partial charge in [-0.1, -0.05) is 0 Å². The predicted octanol–water partition coefficient (Wildman–Crippen LogP) is 1.03. The number of carbonyl (C=O) groups excluding carboxylic acids is 1. The zero-order valence-corrected chi connectivity index (χ0v) is 10.4. The van der Waals surface area contributed by atoms with Crippen molar-refractivity contribution in [3.63, 3.8) is 0 Å². The number of carbonyl (C=O) groups is 2. The van der Waals surface area contributed by atoms with Crippen LogP contribution >= 0.6 is 0 Å². The fraction of sp³-hybridized carbons (Fsp3) is 0.500. The maximum absolute atomic E-state index is 11.4. The van der Waals surface area contributed by atoms with E-state index in [1.807, 2.05) is 0 Å². The van der Waals surface area contributed by atoms with Gasteiger partial charge in [0.25, 0.3) is 0 Å². The van der Waals surface area contributed by atoms with Crippen LogP contribution < -0.4 is 10.6 Å². The van der Waals surface area contributed by atoms with Crippen molar-refractivity contribution in [3.8, 4) is 0 Å². The third kappa shape index (κ3) is 4.90. The Balaban J connectivity index is 1.74. The predicted molar refractivity (Wildman–Crippen MR) is 67.7 cm³/mol. The molecule has 3 N–H and O–H groups in total. The Hall–Kier alpha value is -2.18. The van der Waals surface area contributed by atoms with Crippen LogP contribution in [0.3, 0.4) is 0 Å². The van der Waals surface area contributed by atoms with Crippen molar-refractivity contribution in [2.24, 2.45) is 5.92 Å². The third-order valence-corrected chi connectivity index (χ3v) is 2.76. The first kappa shape index (κ1) is 13.3. The molecule has 2 amide bonds. The molecule has 7 nitrogen and oxygen atoms in total. The van der Waals surface area contributed by atoms with Gasteiger partial charge >= 0.3 is 12.0 Å². The lowest BCUT2D eigenvalue weighted by Crippen LogP contribution is -2.30. The zero-order valence-electron chi connectivity index (χ0n) is 10.4. The van der Waals surface area contributed by atoms with Gasteiger partial charge in [0.15, 0.2) is 0 Å². The van der Waals surface area contributed by atoms with Gasteiger partial charge in [0.05, 0.1) is 24.5 Å². The molecule has 1 saturated carbocycles. The van der Waals surface area contributed by atoms with E-state index in [1.54, 1.807) is 12.4 Å². The first-order valence-electron chi connectivity index (χ1n) is 6.21. The largest absolute Gasteiger partial charge is 0.481 e. The number of aromatic nitrogens is 2. The molecule has 0 saturated heterocycles. The van der Waals surface area contributed by atoms with Crippen molar-refractivity contribution in [1.29, 1.82) is 0 Å². The van der Waals surface area contributed by atoms with Crippen molar-refractivity contribution >= 4 is 17.7 Å². The van der Waals surface area contributed by atoms with Crippen molar-refractivity contribution in [2.75, 3.05) is 11.9 Å². The van der Waals surface area contributed by atoms with Gasteiger partial charge in [0.2, 0.25) is 0 Å². The molecule has 1 aliphatic carbocycles. The van der Waals surface area contributed by atoms with Crippen LogP contribution in [-0.2, 0) is 11.2 Å². The van der Waals surface area contributed by atoms with E-state index in [4.69, 9.17) is 5.11 Å². The van der Waals surface area contributed by atoms with E-state index in [0.29, 0.717) is 5.69 Å². The zero-order chi connectivity index (χ0) is 13.7. The van der Waals surface area contributed by atoms with Crippen molar-refractivity contribution < 1.29 is 14.7 Å². The van der Waals surface area contributed by atoms with Gasteiger partial charge in [0.1, 0.15) is 5.82 Å². The second-order valence-electron chi connectivity index (χ2n) is 4.56. The Labute approximate surface area is 110 Å². The fourth-order valence-electron chi connectivity index (χ4n) is 1.56. The van der Waals surface area contributed by atoms with E-state index in [9.17, 15) is 9.59 Å². The Morgan fingerprint density at radius 1 is 1.32 bits per heavy atom. The molecule has 1 fully saturated rings. The Morgan fingerprint density at radius 2 is 2.00 bits per heavy atom. The number of carboxylic acids is 1. The molecule has 1 heterocycles. The molecule has 0 spiro atoms. The van der Waals surface area contributed by atoms with E-state index >= 15 is 0 Å². The van der Waals surface area contributed by atoms with Gasteiger partial charge in [-0.3, -0.25) is 4.79 Å². The number of anilines is 1. The summed E-state index contributed by atoms with van der Waals surface area (Å²) < 4.78 is 0. The number of nitrogens with one attached hydrogen (secondary N) is 2. The maximum atomic E-state index is 11.4. The lowest BCUT2D eigenvalue weighted by molar-refractivity contribution is -0.136. The molecule has 2 rings (SSSR count). The van der Waals surface area contributed by atoms with Crippen molar-refractivity contribution in [3.05, 3.63) is 18.2 Å². The summed E-state index contributed by atoms with van der Waals surface area (Å²) in [7, 11) is 0. The van der Waals surface area contributed by atoms with Gasteiger partial charge in [-0.05, 0) is 18.8 Å². The molecular formula is C12H16N4O3. The molecule has 7 heteroatoms. The van der Waals surface area contributed by atoms with Crippen LogP contribution in [0, 0.1) is 5.92 Å². The van der Waals surface area contributed by atoms with Gasteiger partial charge in [-0.25, -0.2) is 14.8 Å². The molecule has 102 valence electrons. The number of hydrogen-bond donors (Lipinski definition) is 3. The van der Waals surface area contributed by atoms with Crippen LogP contribution in [0.25, 0.3) is 0 Å². The van der Waals surface area contributed by atoms with Crippen LogP contribution in [0.15, 0.2) is 12.4 Å². The SMILES string of the molecule is O=C(O)CCNC(=O)Nc1cnc(CC2CC2)nc1. The molecule has 1 aliphatic rings. The summed E-state index contributed by atoms with van der Waals surface area (Å²) in [5.74, 6) is 0.561. The molecule has 0 bridgehead atoms. The van der Waals surface area contributed by atoms with Crippen LogP contribution in [0.1, 0.15) is 25.1 Å². The molecule has 1 aromatic rings. The molecule has 19 heavy (non-hydrogen) atoms. The van der Waals surface area contributed by atoms with Gasteiger partial charge < -0.3 is 15.7 Å². The number of amides is 2. The molecule has 0 aliphatic heterocycles. The topological polar surface area (TPSA) is 104 Å². The minimum Gasteiger partial charge on any atom is -0.481 e. The number of hydrogen-bond acceptors (Lipinski definition) is 4. The Morgan fingerprint density at radius 3 is 2.58 bits per heavy atom. The van der Waals surface area contributed by atoms with Crippen LogP contribution in [0.2, 0.25) is 0 Å². The third-order valence-electron chi connectivity index (χ3n) is 2.76. The quantitative estimate of drug-likeness (QED) is 0.711. The molecule has 0 aromatic carbocycles. The van der Waals surface area contributed by atoms with Gasteiger partial charge in [-0.2, -0.15) is 0 Å². The monoisotopic (exact) mass is 264 g/mol. The van der Waals surface area contributed by atoms with Crippen LogP contribution in [0.4, 0.5) is 10.5 Å². The number of rotatable bonds is 6. The van der Waals surface area contributed by atoms with Crippen molar-refractivity contribution in [2.45, 2.75) is 25.7 Å². The van der Waals surface area contributed by atoms with E-state index in [-0.39, 0.29) is 13.0 Å². The number of aliphatic carboxylic acids is 1.